The van der Waals surface area contributed by atoms with Gasteiger partial charge in [-0.15, -0.1) is 6.58 Å². The molecule has 3 nitrogen and oxygen atoms in total. The maximum atomic E-state index is 5.97. The van der Waals surface area contributed by atoms with Gasteiger partial charge < -0.3 is 14.8 Å². The Balaban J connectivity index is 2.77. The Labute approximate surface area is 116 Å². The second-order valence-corrected chi connectivity index (χ2v) is 4.43. The zero-order valence-corrected chi connectivity index (χ0v) is 12.2. The van der Waals surface area contributed by atoms with E-state index in [0.29, 0.717) is 6.61 Å². The van der Waals surface area contributed by atoms with Gasteiger partial charge in [-0.3, -0.25) is 0 Å². The van der Waals surface area contributed by atoms with E-state index in [9.17, 15) is 0 Å². The molecule has 0 heterocycles. The molecule has 19 heavy (non-hydrogen) atoms. The number of likely N-dealkylation sites (N-methyl/N-ethyl adjacent to an activating group) is 1. The van der Waals surface area contributed by atoms with Crippen molar-refractivity contribution in [2.24, 2.45) is 0 Å². The molecule has 3 heteroatoms. The second kappa shape index (κ2) is 8.59. The standard InChI is InChI=1S/C16H25NO2/c1-5-8-14-11-15(18-7-3)9-10-16(14)19-13(4)12-17-6-2/h5,9-11,13,17H,1,6-8,12H2,2-4H3. The van der Waals surface area contributed by atoms with Gasteiger partial charge in [-0.25, -0.2) is 0 Å². The van der Waals surface area contributed by atoms with E-state index in [2.05, 4.69) is 25.7 Å². The Hall–Kier alpha value is -1.48. The third-order valence-corrected chi connectivity index (χ3v) is 2.72. The number of allylic oxidation sites excluding steroid dienone is 1. The Morgan fingerprint density at radius 1 is 1.37 bits per heavy atom. The van der Waals surface area contributed by atoms with Gasteiger partial charge in [0, 0.05) is 12.1 Å². The molecule has 0 aliphatic rings. The van der Waals surface area contributed by atoms with Crippen LogP contribution in [-0.2, 0) is 6.42 Å². The van der Waals surface area contributed by atoms with E-state index >= 15 is 0 Å². The van der Waals surface area contributed by atoms with Crippen molar-refractivity contribution >= 4 is 0 Å². The summed E-state index contributed by atoms with van der Waals surface area (Å²) in [4.78, 5) is 0. The van der Waals surface area contributed by atoms with Crippen molar-refractivity contribution in [3.8, 4) is 11.5 Å². The van der Waals surface area contributed by atoms with E-state index < -0.39 is 0 Å². The average molecular weight is 263 g/mol. The molecule has 0 saturated carbocycles. The van der Waals surface area contributed by atoms with E-state index in [4.69, 9.17) is 9.47 Å². The van der Waals surface area contributed by atoms with Gasteiger partial charge in [0.05, 0.1) is 6.61 Å². The van der Waals surface area contributed by atoms with Crippen molar-refractivity contribution in [2.45, 2.75) is 33.3 Å². The molecular weight excluding hydrogens is 238 g/mol. The van der Waals surface area contributed by atoms with Crippen molar-refractivity contribution in [1.82, 2.24) is 5.32 Å². The van der Waals surface area contributed by atoms with Crippen molar-refractivity contribution in [3.63, 3.8) is 0 Å². The average Bonchev–Trinajstić information content (AvgIpc) is 2.40. The molecule has 1 unspecified atom stereocenters. The minimum atomic E-state index is 0.140. The topological polar surface area (TPSA) is 30.5 Å². The monoisotopic (exact) mass is 263 g/mol. The fourth-order valence-electron chi connectivity index (χ4n) is 1.85. The number of ether oxygens (including phenoxy) is 2. The first-order chi connectivity index (χ1) is 9.21. The molecule has 1 aromatic rings. The number of nitrogens with one attached hydrogen (secondary N) is 1. The molecule has 1 N–H and O–H groups in total. The molecule has 0 aliphatic carbocycles. The van der Waals surface area contributed by atoms with Crippen LogP contribution in [0.15, 0.2) is 30.9 Å². The van der Waals surface area contributed by atoms with E-state index in [1.165, 1.54) is 0 Å². The van der Waals surface area contributed by atoms with Gasteiger partial charge in [-0.2, -0.15) is 0 Å². The van der Waals surface area contributed by atoms with Crippen LogP contribution >= 0.6 is 0 Å². The molecule has 0 fully saturated rings. The first-order valence-corrected chi connectivity index (χ1v) is 6.95. The maximum absolute atomic E-state index is 5.97. The molecule has 0 aromatic heterocycles. The van der Waals surface area contributed by atoms with Crippen LogP contribution in [0.2, 0.25) is 0 Å². The van der Waals surface area contributed by atoms with Crippen LogP contribution in [-0.4, -0.2) is 25.8 Å². The van der Waals surface area contributed by atoms with Crippen molar-refractivity contribution in [3.05, 3.63) is 36.4 Å². The molecule has 0 spiro atoms. The summed E-state index contributed by atoms with van der Waals surface area (Å²) in [5.74, 6) is 1.79. The van der Waals surface area contributed by atoms with Crippen LogP contribution in [0.4, 0.5) is 0 Å². The second-order valence-electron chi connectivity index (χ2n) is 4.43. The van der Waals surface area contributed by atoms with E-state index in [-0.39, 0.29) is 6.10 Å². The number of benzene rings is 1. The van der Waals surface area contributed by atoms with Crippen molar-refractivity contribution in [1.29, 1.82) is 0 Å². The van der Waals surface area contributed by atoms with Gasteiger partial charge in [0.25, 0.3) is 0 Å². The smallest absolute Gasteiger partial charge is 0.123 e. The minimum Gasteiger partial charge on any atom is -0.494 e. The Kier molecular flexibility index (Phi) is 7.04. The van der Waals surface area contributed by atoms with Crippen LogP contribution in [0.1, 0.15) is 26.3 Å². The summed E-state index contributed by atoms with van der Waals surface area (Å²) in [5, 5.41) is 3.28. The summed E-state index contributed by atoms with van der Waals surface area (Å²) >= 11 is 0. The molecule has 1 rings (SSSR count). The fraction of sp³-hybridized carbons (Fsp3) is 0.500. The largest absolute Gasteiger partial charge is 0.494 e. The van der Waals surface area contributed by atoms with Crippen molar-refractivity contribution in [2.75, 3.05) is 19.7 Å². The summed E-state index contributed by atoms with van der Waals surface area (Å²) in [6.45, 7) is 12.4. The Morgan fingerprint density at radius 3 is 2.79 bits per heavy atom. The highest BCUT2D eigenvalue weighted by atomic mass is 16.5. The maximum Gasteiger partial charge on any atom is 0.123 e. The van der Waals surface area contributed by atoms with Gasteiger partial charge in [-0.1, -0.05) is 13.0 Å². The summed E-state index contributed by atoms with van der Waals surface area (Å²) in [6.07, 6.45) is 2.80. The minimum absolute atomic E-state index is 0.140. The number of hydrogen-bond acceptors (Lipinski definition) is 3. The number of rotatable bonds is 9. The fourth-order valence-corrected chi connectivity index (χ4v) is 1.85. The molecule has 0 amide bonds. The lowest BCUT2D eigenvalue weighted by atomic mass is 10.1. The summed E-state index contributed by atoms with van der Waals surface area (Å²) < 4.78 is 11.5. The van der Waals surface area contributed by atoms with Crippen LogP contribution in [0, 0.1) is 0 Å². The summed E-state index contributed by atoms with van der Waals surface area (Å²) in [5.41, 5.74) is 1.12. The lowest BCUT2D eigenvalue weighted by Crippen LogP contribution is -2.28. The zero-order chi connectivity index (χ0) is 14.1. The van der Waals surface area contributed by atoms with E-state index in [1.54, 1.807) is 0 Å². The molecule has 0 saturated heterocycles. The molecule has 1 atom stereocenters. The zero-order valence-electron chi connectivity index (χ0n) is 12.2. The van der Waals surface area contributed by atoms with Gasteiger partial charge in [0.1, 0.15) is 17.6 Å². The Bertz CT molecular complexity index is 390. The third-order valence-electron chi connectivity index (χ3n) is 2.72. The molecule has 0 bridgehead atoms. The highest BCUT2D eigenvalue weighted by Crippen LogP contribution is 2.26. The lowest BCUT2D eigenvalue weighted by Gasteiger charge is -2.18. The number of hydrogen-bond donors (Lipinski definition) is 1. The first-order valence-electron chi connectivity index (χ1n) is 6.95. The Morgan fingerprint density at radius 2 is 2.16 bits per heavy atom. The van der Waals surface area contributed by atoms with Crippen LogP contribution in [0.5, 0.6) is 11.5 Å². The lowest BCUT2D eigenvalue weighted by molar-refractivity contribution is 0.216. The van der Waals surface area contributed by atoms with E-state index in [0.717, 1.165) is 36.6 Å². The highest BCUT2D eigenvalue weighted by molar-refractivity contribution is 5.41. The molecular formula is C16H25NO2. The molecule has 1 aromatic carbocycles. The third kappa shape index (κ3) is 5.35. The molecule has 106 valence electrons. The summed E-state index contributed by atoms with van der Waals surface area (Å²) in [7, 11) is 0. The molecule has 0 radical (unpaired) electrons. The van der Waals surface area contributed by atoms with Gasteiger partial charge in [0.15, 0.2) is 0 Å². The van der Waals surface area contributed by atoms with Gasteiger partial charge >= 0.3 is 0 Å². The predicted octanol–water partition coefficient (Wildman–Crippen LogP) is 3.19. The predicted molar refractivity (Wildman–Crippen MR) is 80.1 cm³/mol. The quantitative estimate of drug-likeness (QED) is 0.694. The summed E-state index contributed by atoms with van der Waals surface area (Å²) in [6, 6.07) is 5.96. The van der Waals surface area contributed by atoms with Crippen LogP contribution in [0.3, 0.4) is 0 Å². The van der Waals surface area contributed by atoms with Crippen LogP contribution < -0.4 is 14.8 Å². The SMILES string of the molecule is C=CCc1cc(OCC)ccc1OC(C)CNCC. The van der Waals surface area contributed by atoms with Crippen molar-refractivity contribution < 1.29 is 9.47 Å². The highest BCUT2D eigenvalue weighted by Gasteiger charge is 2.09. The molecule has 0 aliphatic heterocycles. The first kappa shape index (κ1) is 15.6. The normalized spacial score (nSPS) is 11.9. The van der Waals surface area contributed by atoms with Crippen LogP contribution in [0.25, 0.3) is 0 Å². The van der Waals surface area contributed by atoms with Gasteiger partial charge in [0.2, 0.25) is 0 Å². The van der Waals surface area contributed by atoms with Gasteiger partial charge in [-0.05, 0) is 45.0 Å². The van der Waals surface area contributed by atoms with E-state index in [1.807, 2.05) is 31.2 Å².